The average Bonchev–Trinajstić information content (AvgIpc) is 1.85. The third kappa shape index (κ3) is 4.14. The average molecular weight is 176 g/mol. The minimum atomic E-state index is -1.39. The van der Waals surface area contributed by atoms with Gasteiger partial charge in [-0.15, -0.1) is 0 Å². The highest BCUT2D eigenvalue weighted by atomic mass is 32.2. The van der Waals surface area contributed by atoms with E-state index in [1.165, 1.54) is 0 Å². The first kappa shape index (κ1) is 10.6. The molecule has 0 unspecified atom stereocenters. The Morgan fingerprint density at radius 2 is 1.91 bits per heavy atom. The summed E-state index contributed by atoms with van der Waals surface area (Å²) < 4.78 is 14.2. The standard InChI is InChI=1S/C7H14NO2S/c1-5-6(9)8-11(10)7(2,3)4/h5H2,1-4H3/q-1. The number of nitrogens with zero attached hydrogens (tertiary/aromatic N) is 1. The molecule has 0 spiro atoms. The first-order valence-electron chi connectivity index (χ1n) is 3.54. The van der Waals surface area contributed by atoms with Crippen LogP contribution in [-0.4, -0.2) is 10.7 Å². The second-order valence-electron chi connectivity index (χ2n) is 3.20. The van der Waals surface area contributed by atoms with Crippen LogP contribution in [0.4, 0.5) is 0 Å². The fourth-order valence-electron chi connectivity index (χ4n) is 0.294. The maximum Gasteiger partial charge on any atom is 0.222 e. The molecular formula is C7H14NO2S-. The number of carbonyl (C=O) groups is 1. The Morgan fingerprint density at radius 3 is 2.18 bits per heavy atom. The Bertz CT molecular complexity index is 221. The van der Waals surface area contributed by atoms with Crippen molar-refractivity contribution >= 4 is 16.5 Å². The van der Waals surface area contributed by atoms with Crippen LogP contribution in [0, 0.1) is 0 Å². The summed E-state index contributed by atoms with van der Waals surface area (Å²) in [6.45, 7) is 7.06. The molecule has 0 atom stereocenters. The zero-order valence-corrected chi connectivity index (χ0v) is 8.20. The molecule has 0 heterocycles. The van der Waals surface area contributed by atoms with E-state index in [0.717, 1.165) is 0 Å². The van der Waals surface area contributed by atoms with E-state index >= 15 is 0 Å². The van der Waals surface area contributed by atoms with E-state index in [9.17, 15) is 9.00 Å². The van der Waals surface area contributed by atoms with Crippen LogP contribution < -0.4 is 0 Å². The molecule has 11 heavy (non-hydrogen) atoms. The highest BCUT2D eigenvalue weighted by Crippen LogP contribution is 2.07. The van der Waals surface area contributed by atoms with Crippen LogP contribution >= 0.6 is 0 Å². The number of hydrogen-bond donors (Lipinski definition) is 0. The molecule has 0 aliphatic carbocycles. The van der Waals surface area contributed by atoms with Gasteiger partial charge in [-0.05, 0) is 0 Å². The molecule has 0 aromatic carbocycles. The van der Waals surface area contributed by atoms with Gasteiger partial charge in [0, 0.05) is 6.42 Å². The van der Waals surface area contributed by atoms with E-state index in [4.69, 9.17) is 0 Å². The van der Waals surface area contributed by atoms with E-state index in [-0.39, 0.29) is 5.91 Å². The van der Waals surface area contributed by atoms with E-state index in [1.54, 1.807) is 27.7 Å². The summed E-state index contributed by atoms with van der Waals surface area (Å²) in [5.74, 6) is -0.293. The summed E-state index contributed by atoms with van der Waals surface area (Å²) in [6.07, 6.45) is 0.321. The van der Waals surface area contributed by atoms with E-state index in [0.29, 0.717) is 6.42 Å². The van der Waals surface area contributed by atoms with Gasteiger partial charge in [0.2, 0.25) is 5.91 Å². The summed E-state index contributed by atoms with van der Waals surface area (Å²) in [6, 6.07) is 0. The van der Waals surface area contributed by atoms with Gasteiger partial charge in [0.05, 0.1) is 0 Å². The van der Waals surface area contributed by atoms with Crippen molar-refractivity contribution in [1.82, 2.24) is 0 Å². The first-order chi connectivity index (χ1) is 4.88. The Kier molecular flexibility index (Phi) is 3.72. The zero-order chi connectivity index (χ0) is 9.07. The van der Waals surface area contributed by atoms with Crippen molar-refractivity contribution in [2.24, 2.45) is 4.36 Å². The van der Waals surface area contributed by atoms with Crippen LogP contribution in [0.1, 0.15) is 34.1 Å². The van der Waals surface area contributed by atoms with Gasteiger partial charge in [0.1, 0.15) is 0 Å². The SMILES string of the molecule is CCC(=O)N=[S-](=O)C(C)(C)C. The van der Waals surface area contributed by atoms with Crippen molar-refractivity contribution in [3.8, 4) is 0 Å². The van der Waals surface area contributed by atoms with Crippen LogP contribution in [0.3, 0.4) is 0 Å². The molecule has 0 saturated carbocycles. The Hall–Kier alpha value is -0.380. The zero-order valence-electron chi connectivity index (χ0n) is 7.38. The molecule has 0 aromatic rings. The maximum absolute atomic E-state index is 11.2. The van der Waals surface area contributed by atoms with Crippen LogP contribution in [0.25, 0.3) is 0 Å². The Morgan fingerprint density at radius 1 is 1.45 bits per heavy atom. The predicted molar refractivity (Wildman–Crippen MR) is 45.5 cm³/mol. The fraction of sp³-hybridized carbons (Fsp3) is 0.857. The van der Waals surface area contributed by atoms with Gasteiger partial charge in [-0.3, -0.25) is 4.79 Å². The van der Waals surface area contributed by atoms with E-state index in [1.807, 2.05) is 0 Å². The lowest BCUT2D eigenvalue weighted by Gasteiger charge is -2.21. The van der Waals surface area contributed by atoms with Gasteiger partial charge in [-0.1, -0.05) is 32.4 Å². The van der Waals surface area contributed by atoms with Crippen molar-refractivity contribution in [2.75, 3.05) is 0 Å². The van der Waals surface area contributed by atoms with E-state index < -0.39 is 15.3 Å². The van der Waals surface area contributed by atoms with Gasteiger partial charge in [-0.2, -0.15) is 10.6 Å². The molecule has 0 fully saturated rings. The molecule has 0 radical (unpaired) electrons. The highest BCUT2D eigenvalue weighted by Gasteiger charge is 2.01. The molecule has 0 aromatic heterocycles. The quantitative estimate of drug-likeness (QED) is 0.572. The molecule has 3 nitrogen and oxygen atoms in total. The van der Waals surface area contributed by atoms with Crippen molar-refractivity contribution in [1.29, 1.82) is 0 Å². The summed E-state index contributed by atoms with van der Waals surface area (Å²) in [7, 11) is -1.39. The summed E-state index contributed by atoms with van der Waals surface area (Å²) in [4.78, 5) is 10.7. The lowest BCUT2D eigenvalue weighted by Crippen LogP contribution is -2.15. The molecule has 0 rings (SSSR count). The highest BCUT2D eigenvalue weighted by molar-refractivity contribution is 7.76. The molecule has 0 bridgehead atoms. The lowest BCUT2D eigenvalue weighted by molar-refractivity contribution is -0.117. The predicted octanol–water partition coefficient (Wildman–Crippen LogP) is 1.87. The number of amides is 1. The molecule has 0 aliphatic heterocycles. The Labute approximate surface area is 69.4 Å². The van der Waals surface area contributed by atoms with Crippen LogP contribution in [-0.2, 0) is 19.6 Å². The van der Waals surface area contributed by atoms with Crippen LogP contribution in [0.2, 0.25) is 0 Å². The van der Waals surface area contributed by atoms with Crippen molar-refractivity contribution in [3.63, 3.8) is 0 Å². The van der Waals surface area contributed by atoms with Crippen molar-refractivity contribution in [3.05, 3.63) is 0 Å². The summed E-state index contributed by atoms with van der Waals surface area (Å²) in [5, 5.41) is 0. The number of hydrogen-bond acceptors (Lipinski definition) is 3. The molecule has 0 aliphatic rings. The molecule has 0 saturated heterocycles. The van der Waals surface area contributed by atoms with Gasteiger partial charge < -0.3 is 8.57 Å². The molecule has 4 heteroatoms. The minimum absolute atomic E-state index is 0.293. The molecule has 1 amide bonds. The largest absolute Gasteiger partial charge is 0.443 e. The third-order valence-corrected chi connectivity index (χ3v) is 2.43. The second-order valence-corrected chi connectivity index (χ2v) is 5.11. The van der Waals surface area contributed by atoms with Gasteiger partial charge in [0.15, 0.2) is 0 Å². The first-order valence-corrected chi connectivity index (χ1v) is 4.65. The van der Waals surface area contributed by atoms with E-state index in [2.05, 4.69) is 4.36 Å². The number of rotatable bonds is 1. The van der Waals surface area contributed by atoms with Crippen LogP contribution in [0.5, 0.6) is 0 Å². The van der Waals surface area contributed by atoms with Crippen LogP contribution in [0.15, 0.2) is 4.36 Å². The monoisotopic (exact) mass is 176 g/mol. The van der Waals surface area contributed by atoms with Gasteiger partial charge in [-0.25, -0.2) is 0 Å². The van der Waals surface area contributed by atoms with Crippen molar-refractivity contribution in [2.45, 2.75) is 38.9 Å². The van der Waals surface area contributed by atoms with Crippen molar-refractivity contribution < 1.29 is 9.00 Å². The fourth-order valence-corrected chi connectivity index (χ4v) is 0.882. The molecule has 0 N–H and O–H groups in total. The summed E-state index contributed by atoms with van der Waals surface area (Å²) >= 11 is 0. The topological polar surface area (TPSA) is 46.5 Å². The second kappa shape index (κ2) is 3.85. The maximum atomic E-state index is 11.2. The normalized spacial score (nSPS) is 14.9. The van der Waals surface area contributed by atoms with Gasteiger partial charge >= 0.3 is 0 Å². The number of carbonyl (C=O) groups excluding carboxylic acids is 1. The third-order valence-electron chi connectivity index (χ3n) is 1.01. The minimum Gasteiger partial charge on any atom is -0.443 e. The molecule has 66 valence electrons. The summed E-state index contributed by atoms with van der Waals surface area (Å²) in [5.41, 5.74) is 0. The Balaban J connectivity index is 4.49. The smallest absolute Gasteiger partial charge is 0.222 e. The molecular weight excluding hydrogens is 162 g/mol. The lowest BCUT2D eigenvalue weighted by atomic mass is 10.3. The van der Waals surface area contributed by atoms with Gasteiger partial charge in [0.25, 0.3) is 0 Å².